The average Bonchev–Trinajstić information content (AvgIpc) is 3.68. The van der Waals surface area contributed by atoms with Crippen molar-refractivity contribution in [3.63, 3.8) is 0 Å². The number of nitrogens with zero attached hydrogens (tertiary/aromatic N) is 3. The van der Waals surface area contributed by atoms with E-state index in [0.29, 0.717) is 11.8 Å². The lowest BCUT2D eigenvalue weighted by Crippen LogP contribution is -2.50. The van der Waals surface area contributed by atoms with Crippen molar-refractivity contribution < 1.29 is 4.79 Å². The summed E-state index contributed by atoms with van der Waals surface area (Å²) in [4.78, 5) is 19.4. The molecule has 0 aromatic heterocycles. The SMILES string of the molecule is O=C(C1CC1)N1CCN(CC2=C(c3ccc(Cl)cc3)NC3C=CC(c4ccccc4)=CN23)CC1. The minimum absolute atomic E-state index is 0.0888. The van der Waals surface area contributed by atoms with Gasteiger partial charge < -0.3 is 15.1 Å². The summed E-state index contributed by atoms with van der Waals surface area (Å²) in [5.74, 6) is 0.659. The molecule has 1 saturated carbocycles. The average molecular weight is 473 g/mol. The topological polar surface area (TPSA) is 38.8 Å². The second-order valence-corrected chi connectivity index (χ2v) is 9.95. The van der Waals surface area contributed by atoms with E-state index in [2.05, 4.69) is 74.8 Å². The molecule has 174 valence electrons. The molecule has 6 heteroatoms. The fourth-order valence-corrected chi connectivity index (χ4v) is 5.17. The Morgan fingerprint density at radius 2 is 1.68 bits per heavy atom. The maximum Gasteiger partial charge on any atom is 0.225 e. The van der Waals surface area contributed by atoms with Gasteiger partial charge in [-0.25, -0.2) is 0 Å². The summed E-state index contributed by atoms with van der Waals surface area (Å²) in [5.41, 5.74) is 5.96. The molecule has 2 fully saturated rings. The fraction of sp³-hybridized carbons (Fsp3) is 0.321. The second kappa shape index (κ2) is 8.97. The third-order valence-corrected chi connectivity index (χ3v) is 7.40. The van der Waals surface area contributed by atoms with Gasteiger partial charge in [0.25, 0.3) is 0 Å². The van der Waals surface area contributed by atoms with Gasteiger partial charge in [0, 0.05) is 49.9 Å². The molecule has 2 aromatic carbocycles. The van der Waals surface area contributed by atoms with Crippen LogP contribution in [0.2, 0.25) is 5.02 Å². The zero-order valence-electron chi connectivity index (χ0n) is 19.2. The summed E-state index contributed by atoms with van der Waals surface area (Å²) in [5, 5.41) is 4.47. The molecule has 1 saturated heterocycles. The van der Waals surface area contributed by atoms with Gasteiger partial charge in [0.15, 0.2) is 0 Å². The van der Waals surface area contributed by atoms with Gasteiger partial charge in [-0.05, 0) is 47.8 Å². The molecule has 0 bridgehead atoms. The molecule has 6 rings (SSSR count). The third-order valence-electron chi connectivity index (χ3n) is 7.15. The van der Waals surface area contributed by atoms with Crippen LogP contribution in [0, 0.1) is 5.92 Å². The van der Waals surface area contributed by atoms with Crippen molar-refractivity contribution in [2.24, 2.45) is 5.92 Å². The van der Waals surface area contributed by atoms with E-state index in [1.54, 1.807) is 0 Å². The Morgan fingerprint density at radius 3 is 2.38 bits per heavy atom. The van der Waals surface area contributed by atoms with Gasteiger partial charge in [0.2, 0.25) is 5.91 Å². The van der Waals surface area contributed by atoms with Crippen molar-refractivity contribution in [1.29, 1.82) is 0 Å². The first-order chi connectivity index (χ1) is 16.7. The molecule has 1 unspecified atom stereocenters. The molecule has 1 aliphatic carbocycles. The van der Waals surface area contributed by atoms with Crippen LogP contribution in [0.1, 0.15) is 24.0 Å². The molecule has 3 aliphatic heterocycles. The summed E-state index contributed by atoms with van der Waals surface area (Å²) in [7, 11) is 0. The van der Waals surface area contributed by atoms with Crippen molar-refractivity contribution >= 4 is 28.8 Å². The van der Waals surface area contributed by atoms with Crippen LogP contribution < -0.4 is 5.32 Å². The monoisotopic (exact) mass is 472 g/mol. The standard InChI is InChI=1S/C28H29ClN4O/c29-24-11-8-21(9-12-24)27-25(19-31-14-16-32(17-15-31)28(34)22-6-7-22)33-18-23(10-13-26(33)30-27)20-4-2-1-3-5-20/h1-5,8-13,18,22,26,30H,6-7,14-17,19H2. The highest BCUT2D eigenvalue weighted by molar-refractivity contribution is 6.30. The van der Waals surface area contributed by atoms with Gasteiger partial charge in [0.1, 0.15) is 6.17 Å². The number of piperazine rings is 1. The van der Waals surface area contributed by atoms with Crippen LogP contribution in [0.25, 0.3) is 11.3 Å². The summed E-state index contributed by atoms with van der Waals surface area (Å²) >= 11 is 6.18. The van der Waals surface area contributed by atoms with Gasteiger partial charge in [0.05, 0.1) is 11.4 Å². The van der Waals surface area contributed by atoms with E-state index < -0.39 is 0 Å². The quantitative estimate of drug-likeness (QED) is 0.699. The van der Waals surface area contributed by atoms with Crippen molar-refractivity contribution in [3.8, 4) is 0 Å². The van der Waals surface area contributed by atoms with Gasteiger partial charge in [-0.15, -0.1) is 0 Å². The Bertz CT molecular complexity index is 1160. The summed E-state index contributed by atoms with van der Waals surface area (Å²) in [6.45, 7) is 4.28. The molecule has 34 heavy (non-hydrogen) atoms. The highest BCUT2D eigenvalue weighted by Crippen LogP contribution is 2.35. The van der Waals surface area contributed by atoms with Crippen molar-refractivity contribution in [2.75, 3.05) is 32.7 Å². The maximum absolute atomic E-state index is 12.5. The zero-order chi connectivity index (χ0) is 23.1. The fourth-order valence-electron chi connectivity index (χ4n) is 5.04. The van der Waals surface area contributed by atoms with Crippen molar-refractivity contribution in [1.82, 2.24) is 20.0 Å². The van der Waals surface area contributed by atoms with Crippen LogP contribution in [0.5, 0.6) is 0 Å². The molecule has 1 atom stereocenters. The van der Waals surface area contributed by atoms with Crippen LogP contribution in [-0.4, -0.2) is 59.5 Å². The van der Waals surface area contributed by atoms with E-state index in [1.165, 1.54) is 16.8 Å². The second-order valence-electron chi connectivity index (χ2n) is 9.51. The van der Waals surface area contributed by atoms with E-state index in [0.717, 1.165) is 61.8 Å². The van der Waals surface area contributed by atoms with E-state index in [-0.39, 0.29) is 6.17 Å². The number of benzene rings is 2. The molecule has 0 radical (unpaired) electrons. The first-order valence-electron chi connectivity index (χ1n) is 12.2. The molecule has 2 aromatic rings. The first-order valence-corrected chi connectivity index (χ1v) is 12.5. The Kier molecular flexibility index (Phi) is 5.67. The van der Waals surface area contributed by atoms with Crippen LogP contribution in [0.4, 0.5) is 0 Å². The number of carbonyl (C=O) groups is 1. The van der Waals surface area contributed by atoms with E-state index in [4.69, 9.17) is 11.6 Å². The molecule has 5 nitrogen and oxygen atoms in total. The van der Waals surface area contributed by atoms with E-state index in [9.17, 15) is 4.79 Å². The lowest BCUT2D eigenvalue weighted by molar-refractivity contribution is -0.134. The molecule has 0 spiro atoms. The zero-order valence-corrected chi connectivity index (χ0v) is 19.9. The number of allylic oxidation sites excluding steroid dienone is 2. The predicted octanol–water partition coefficient (Wildman–Crippen LogP) is 4.41. The normalized spacial score (nSPS) is 22.5. The van der Waals surface area contributed by atoms with Crippen molar-refractivity contribution in [3.05, 3.63) is 94.8 Å². The Hall–Kier alpha value is -3.02. The van der Waals surface area contributed by atoms with Gasteiger partial charge in [-0.3, -0.25) is 9.69 Å². The van der Waals surface area contributed by atoms with Crippen LogP contribution >= 0.6 is 11.6 Å². The number of nitrogens with one attached hydrogen (secondary N) is 1. The highest BCUT2D eigenvalue weighted by atomic mass is 35.5. The van der Waals surface area contributed by atoms with Crippen LogP contribution in [0.15, 0.2) is 78.6 Å². The Morgan fingerprint density at radius 1 is 0.941 bits per heavy atom. The molecule has 4 aliphatic rings. The van der Waals surface area contributed by atoms with Gasteiger partial charge in [-0.1, -0.05) is 60.1 Å². The predicted molar refractivity (Wildman–Crippen MR) is 136 cm³/mol. The summed E-state index contributed by atoms with van der Waals surface area (Å²) < 4.78 is 0. The van der Waals surface area contributed by atoms with E-state index in [1.807, 2.05) is 18.2 Å². The summed E-state index contributed by atoms with van der Waals surface area (Å²) in [6.07, 6.45) is 8.93. The molecular formula is C28H29ClN4O. The first kappa shape index (κ1) is 21.5. The number of halogens is 1. The number of fused-ring (bicyclic) bond motifs is 1. The largest absolute Gasteiger partial charge is 0.360 e. The number of amides is 1. The minimum Gasteiger partial charge on any atom is -0.360 e. The Labute approximate surface area is 206 Å². The lowest BCUT2D eigenvalue weighted by Gasteiger charge is -2.36. The maximum atomic E-state index is 12.5. The van der Waals surface area contributed by atoms with Gasteiger partial charge >= 0.3 is 0 Å². The lowest BCUT2D eigenvalue weighted by atomic mass is 10.0. The van der Waals surface area contributed by atoms with E-state index >= 15 is 0 Å². The smallest absolute Gasteiger partial charge is 0.225 e. The Balaban J connectivity index is 1.27. The number of hydrogen-bond donors (Lipinski definition) is 1. The number of hydrogen-bond acceptors (Lipinski definition) is 4. The third kappa shape index (κ3) is 4.26. The molecule has 1 amide bonds. The molecule has 3 heterocycles. The highest BCUT2D eigenvalue weighted by Gasteiger charge is 2.36. The number of carbonyl (C=O) groups excluding carboxylic acids is 1. The molecule has 1 N–H and O–H groups in total. The van der Waals surface area contributed by atoms with Crippen LogP contribution in [0.3, 0.4) is 0 Å². The number of rotatable bonds is 5. The van der Waals surface area contributed by atoms with Crippen LogP contribution in [-0.2, 0) is 4.79 Å². The summed E-state index contributed by atoms with van der Waals surface area (Å²) in [6, 6.07) is 18.6. The van der Waals surface area contributed by atoms with Gasteiger partial charge in [-0.2, -0.15) is 0 Å². The minimum atomic E-state index is 0.0888. The van der Waals surface area contributed by atoms with Crippen molar-refractivity contribution in [2.45, 2.75) is 19.0 Å². The molecular weight excluding hydrogens is 444 g/mol.